The van der Waals surface area contributed by atoms with Crippen molar-refractivity contribution in [3.05, 3.63) is 23.8 Å². The van der Waals surface area contributed by atoms with Gasteiger partial charge in [0.15, 0.2) is 11.5 Å². The Balaban J connectivity index is 2.98. The monoisotopic (exact) mass is 196 g/mol. The Morgan fingerprint density at radius 3 is 2.79 bits per heavy atom. The lowest BCUT2D eigenvalue weighted by Gasteiger charge is -2.12. The minimum absolute atomic E-state index is 0.560. The van der Waals surface area contributed by atoms with Gasteiger partial charge in [0, 0.05) is 12.1 Å². The maximum Gasteiger partial charge on any atom is 0.165 e. The van der Waals surface area contributed by atoms with Crippen LogP contribution in [-0.4, -0.2) is 13.7 Å². The molecule has 4 heteroatoms. The maximum absolute atomic E-state index is 5.42. The highest BCUT2D eigenvalue weighted by atomic mass is 16.5. The van der Waals surface area contributed by atoms with Gasteiger partial charge >= 0.3 is 0 Å². The summed E-state index contributed by atoms with van der Waals surface area (Å²) in [7, 11) is 1.62. The van der Waals surface area contributed by atoms with Crippen molar-refractivity contribution in [1.29, 1.82) is 0 Å². The van der Waals surface area contributed by atoms with E-state index in [0.717, 1.165) is 17.1 Å². The van der Waals surface area contributed by atoms with Crippen LogP contribution in [0.25, 0.3) is 0 Å². The molecule has 78 valence electrons. The van der Waals surface area contributed by atoms with Crippen molar-refractivity contribution in [3.8, 4) is 11.5 Å². The minimum Gasteiger partial charge on any atom is -0.493 e. The van der Waals surface area contributed by atoms with Crippen molar-refractivity contribution in [3.63, 3.8) is 0 Å². The lowest BCUT2D eigenvalue weighted by molar-refractivity contribution is 0.308. The first-order valence-corrected chi connectivity index (χ1v) is 4.55. The van der Waals surface area contributed by atoms with Crippen LogP contribution in [0.5, 0.6) is 11.5 Å². The molecule has 0 aliphatic heterocycles. The van der Waals surface area contributed by atoms with E-state index < -0.39 is 0 Å². The Hall–Kier alpha value is -1.26. The number of hydrazine groups is 1. The number of methoxy groups -OCH3 is 1. The molecule has 0 heterocycles. The predicted molar refractivity (Wildman–Crippen MR) is 55.2 cm³/mol. The molecular formula is C10H16N2O2. The summed E-state index contributed by atoms with van der Waals surface area (Å²) in [6.45, 7) is 3.12. The van der Waals surface area contributed by atoms with Crippen LogP contribution in [0.1, 0.15) is 12.5 Å². The Kier molecular flexibility index (Phi) is 4.22. The zero-order chi connectivity index (χ0) is 10.4. The fourth-order valence-electron chi connectivity index (χ4n) is 1.31. The Morgan fingerprint density at radius 1 is 1.43 bits per heavy atom. The van der Waals surface area contributed by atoms with Gasteiger partial charge in [-0.25, -0.2) is 0 Å². The van der Waals surface area contributed by atoms with Crippen molar-refractivity contribution in [2.45, 2.75) is 13.5 Å². The van der Waals surface area contributed by atoms with E-state index in [4.69, 9.17) is 15.3 Å². The molecule has 1 aromatic rings. The number of nitrogens with one attached hydrogen (secondary N) is 1. The third-order valence-electron chi connectivity index (χ3n) is 1.86. The van der Waals surface area contributed by atoms with Crippen molar-refractivity contribution >= 4 is 0 Å². The maximum atomic E-state index is 5.42. The van der Waals surface area contributed by atoms with Crippen LogP contribution in [0.4, 0.5) is 0 Å². The molecule has 1 rings (SSSR count). The Bertz CT molecular complexity index is 265. The summed E-state index contributed by atoms with van der Waals surface area (Å²) >= 11 is 0. The van der Waals surface area contributed by atoms with Gasteiger partial charge in [0.05, 0.1) is 13.7 Å². The molecule has 0 fully saturated rings. The zero-order valence-electron chi connectivity index (χ0n) is 8.54. The molecule has 0 aliphatic carbocycles. The van der Waals surface area contributed by atoms with Gasteiger partial charge in [-0.15, -0.1) is 0 Å². The van der Waals surface area contributed by atoms with E-state index in [1.165, 1.54) is 0 Å². The van der Waals surface area contributed by atoms with Gasteiger partial charge in [-0.05, 0) is 13.0 Å². The average molecular weight is 196 g/mol. The SMILES string of the molecule is CCOc1cccc(CNN)c1OC. The minimum atomic E-state index is 0.560. The topological polar surface area (TPSA) is 56.5 Å². The third kappa shape index (κ3) is 2.37. The molecule has 0 atom stereocenters. The first kappa shape index (κ1) is 10.8. The van der Waals surface area contributed by atoms with E-state index in [1.807, 2.05) is 25.1 Å². The van der Waals surface area contributed by atoms with Gasteiger partial charge in [0.25, 0.3) is 0 Å². The number of benzene rings is 1. The molecule has 0 spiro atoms. The molecule has 0 radical (unpaired) electrons. The summed E-state index contributed by atoms with van der Waals surface area (Å²) < 4.78 is 10.7. The summed E-state index contributed by atoms with van der Waals surface area (Å²) in [6, 6.07) is 5.74. The number of hydrogen-bond acceptors (Lipinski definition) is 4. The molecule has 3 N–H and O–H groups in total. The van der Waals surface area contributed by atoms with Gasteiger partial charge in [0.2, 0.25) is 0 Å². The van der Waals surface area contributed by atoms with Crippen LogP contribution < -0.4 is 20.7 Å². The van der Waals surface area contributed by atoms with Crippen LogP contribution in [0, 0.1) is 0 Å². The number of nitrogens with two attached hydrogens (primary N) is 1. The summed E-state index contributed by atoms with van der Waals surface area (Å²) in [6.07, 6.45) is 0. The van der Waals surface area contributed by atoms with Crippen LogP contribution in [0.2, 0.25) is 0 Å². The molecule has 0 saturated heterocycles. The van der Waals surface area contributed by atoms with Gasteiger partial charge in [0.1, 0.15) is 0 Å². The third-order valence-corrected chi connectivity index (χ3v) is 1.86. The van der Waals surface area contributed by atoms with E-state index in [0.29, 0.717) is 13.2 Å². The number of rotatable bonds is 5. The molecule has 4 nitrogen and oxygen atoms in total. The first-order valence-electron chi connectivity index (χ1n) is 4.55. The normalized spacial score (nSPS) is 9.93. The lowest BCUT2D eigenvalue weighted by Crippen LogP contribution is -2.21. The van der Waals surface area contributed by atoms with Crippen molar-refractivity contribution in [2.75, 3.05) is 13.7 Å². The summed E-state index contributed by atoms with van der Waals surface area (Å²) in [4.78, 5) is 0. The smallest absolute Gasteiger partial charge is 0.165 e. The molecule has 0 bridgehead atoms. The van der Waals surface area contributed by atoms with E-state index in [1.54, 1.807) is 7.11 Å². The average Bonchev–Trinajstić information content (AvgIpc) is 2.19. The van der Waals surface area contributed by atoms with E-state index in [-0.39, 0.29) is 0 Å². The van der Waals surface area contributed by atoms with Crippen LogP contribution in [-0.2, 0) is 6.54 Å². The molecule has 0 aliphatic rings. The Morgan fingerprint density at radius 2 is 2.21 bits per heavy atom. The molecule has 1 aromatic carbocycles. The van der Waals surface area contributed by atoms with Crippen LogP contribution >= 0.6 is 0 Å². The molecule has 0 aromatic heterocycles. The van der Waals surface area contributed by atoms with E-state index in [9.17, 15) is 0 Å². The quantitative estimate of drug-likeness (QED) is 0.546. The van der Waals surface area contributed by atoms with Gasteiger partial charge < -0.3 is 9.47 Å². The molecule has 0 saturated carbocycles. The number of para-hydroxylation sites is 1. The fourth-order valence-corrected chi connectivity index (χ4v) is 1.31. The highest BCUT2D eigenvalue weighted by Gasteiger charge is 2.08. The van der Waals surface area contributed by atoms with Crippen LogP contribution in [0.3, 0.4) is 0 Å². The highest BCUT2D eigenvalue weighted by Crippen LogP contribution is 2.30. The second-order valence-corrected chi connectivity index (χ2v) is 2.76. The van der Waals surface area contributed by atoms with Crippen molar-refractivity contribution in [2.24, 2.45) is 5.84 Å². The second kappa shape index (κ2) is 5.47. The number of hydrogen-bond donors (Lipinski definition) is 2. The summed E-state index contributed by atoms with van der Waals surface area (Å²) in [5.74, 6) is 6.76. The Labute approximate surface area is 84.0 Å². The first-order chi connectivity index (χ1) is 6.83. The number of ether oxygens (including phenoxy) is 2. The molecule has 0 amide bonds. The van der Waals surface area contributed by atoms with Gasteiger partial charge in [-0.1, -0.05) is 12.1 Å². The van der Waals surface area contributed by atoms with E-state index in [2.05, 4.69) is 5.43 Å². The standard InChI is InChI=1S/C10H16N2O2/c1-3-14-9-6-4-5-8(7-12-11)10(9)13-2/h4-6,12H,3,7,11H2,1-2H3. The zero-order valence-corrected chi connectivity index (χ0v) is 8.54. The van der Waals surface area contributed by atoms with Gasteiger partial charge in [-0.2, -0.15) is 0 Å². The van der Waals surface area contributed by atoms with Crippen molar-refractivity contribution in [1.82, 2.24) is 5.43 Å². The van der Waals surface area contributed by atoms with Gasteiger partial charge in [-0.3, -0.25) is 11.3 Å². The van der Waals surface area contributed by atoms with Crippen LogP contribution in [0.15, 0.2) is 18.2 Å². The molecule has 14 heavy (non-hydrogen) atoms. The molecule has 0 unspecified atom stereocenters. The second-order valence-electron chi connectivity index (χ2n) is 2.76. The lowest BCUT2D eigenvalue weighted by atomic mass is 10.2. The summed E-state index contributed by atoms with van der Waals surface area (Å²) in [5.41, 5.74) is 3.58. The largest absolute Gasteiger partial charge is 0.493 e. The van der Waals surface area contributed by atoms with Crippen molar-refractivity contribution < 1.29 is 9.47 Å². The summed E-state index contributed by atoms with van der Waals surface area (Å²) in [5, 5.41) is 0. The predicted octanol–water partition coefficient (Wildman–Crippen LogP) is 1.06. The molecular weight excluding hydrogens is 180 g/mol. The fraction of sp³-hybridized carbons (Fsp3) is 0.400. The highest BCUT2D eigenvalue weighted by molar-refractivity contribution is 5.46. The van der Waals surface area contributed by atoms with E-state index >= 15 is 0 Å².